The fourth-order valence-corrected chi connectivity index (χ4v) is 5.07. The molecular formula is C25H25N3O3S. The summed E-state index contributed by atoms with van der Waals surface area (Å²) in [6.07, 6.45) is 1.63. The lowest BCUT2D eigenvalue weighted by atomic mass is 10.1. The van der Waals surface area contributed by atoms with Gasteiger partial charge in [-0.25, -0.2) is 4.98 Å². The summed E-state index contributed by atoms with van der Waals surface area (Å²) < 4.78 is 5.48. The molecular weight excluding hydrogens is 422 g/mol. The number of hydrogen-bond donors (Lipinski definition) is 2. The van der Waals surface area contributed by atoms with Crippen molar-refractivity contribution in [3.8, 4) is 16.9 Å². The molecule has 7 heteroatoms. The van der Waals surface area contributed by atoms with Crippen molar-refractivity contribution in [3.05, 3.63) is 81.7 Å². The topological polar surface area (TPSA) is 78.5 Å². The number of nitrogens with one attached hydrogen (secondary N) is 1. The highest BCUT2D eigenvalue weighted by Gasteiger charge is 2.31. The van der Waals surface area contributed by atoms with Gasteiger partial charge in [-0.2, -0.15) is 0 Å². The molecule has 164 valence electrons. The molecule has 1 unspecified atom stereocenters. The van der Waals surface area contributed by atoms with Gasteiger partial charge in [0, 0.05) is 29.1 Å². The maximum atomic E-state index is 13.1. The van der Waals surface area contributed by atoms with Gasteiger partial charge in [0.25, 0.3) is 5.56 Å². The number of H-pyrrole nitrogens is 1. The van der Waals surface area contributed by atoms with Crippen LogP contribution in [0.3, 0.4) is 0 Å². The summed E-state index contributed by atoms with van der Waals surface area (Å²) in [5.41, 5.74) is 2.47. The molecule has 0 amide bonds. The van der Waals surface area contributed by atoms with Crippen LogP contribution < -0.4 is 10.3 Å². The predicted octanol–water partition coefficient (Wildman–Crippen LogP) is 4.36. The molecule has 1 aliphatic rings. The molecule has 0 radical (unpaired) electrons. The first-order valence-electron chi connectivity index (χ1n) is 10.7. The molecule has 2 N–H and O–H groups in total. The van der Waals surface area contributed by atoms with Crippen molar-refractivity contribution in [1.82, 2.24) is 14.9 Å². The summed E-state index contributed by atoms with van der Waals surface area (Å²) in [4.78, 5) is 23.8. The van der Waals surface area contributed by atoms with Gasteiger partial charge in [-0.3, -0.25) is 9.69 Å². The second-order valence-corrected chi connectivity index (χ2v) is 8.99. The van der Waals surface area contributed by atoms with Gasteiger partial charge in [0.2, 0.25) is 0 Å². The van der Waals surface area contributed by atoms with Crippen molar-refractivity contribution in [2.24, 2.45) is 0 Å². The van der Waals surface area contributed by atoms with Crippen molar-refractivity contribution in [2.45, 2.75) is 31.5 Å². The third-order valence-electron chi connectivity index (χ3n) is 5.90. The minimum absolute atomic E-state index is 0.147. The number of fused-ring (bicyclic) bond motifs is 1. The Kier molecular flexibility index (Phi) is 5.78. The Balaban J connectivity index is 1.43. The molecule has 1 saturated carbocycles. The van der Waals surface area contributed by atoms with Crippen LogP contribution >= 0.6 is 11.3 Å². The summed E-state index contributed by atoms with van der Waals surface area (Å²) >= 11 is 1.46. The van der Waals surface area contributed by atoms with Crippen LogP contribution in [0.5, 0.6) is 5.75 Å². The molecule has 4 aromatic rings. The van der Waals surface area contributed by atoms with Crippen LogP contribution in [0.1, 0.15) is 30.3 Å². The third-order valence-corrected chi connectivity index (χ3v) is 6.77. The minimum atomic E-state index is -0.578. The molecule has 5 rings (SSSR count). The zero-order valence-corrected chi connectivity index (χ0v) is 18.6. The molecule has 1 fully saturated rings. The molecule has 0 saturated heterocycles. The summed E-state index contributed by atoms with van der Waals surface area (Å²) in [5, 5.41) is 13.3. The van der Waals surface area contributed by atoms with Gasteiger partial charge in [0.15, 0.2) is 0 Å². The number of para-hydroxylation sites is 1. The van der Waals surface area contributed by atoms with Crippen molar-refractivity contribution < 1.29 is 9.84 Å². The van der Waals surface area contributed by atoms with E-state index in [1.165, 1.54) is 11.3 Å². The SMILES string of the molecule is COc1ccccc1-c1csc2nc(CN(CC(O)c3ccccc3)C3CC3)[nH]c(=O)c12. The van der Waals surface area contributed by atoms with Gasteiger partial charge < -0.3 is 14.8 Å². The van der Waals surface area contributed by atoms with E-state index in [0.29, 0.717) is 35.2 Å². The van der Waals surface area contributed by atoms with Crippen LogP contribution in [0.2, 0.25) is 0 Å². The minimum Gasteiger partial charge on any atom is -0.496 e. The van der Waals surface area contributed by atoms with Gasteiger partial charge in [-0.05, 0) is 24.5 Å². The maximum Gasteiger partial charge on any atom is 0.260 e. The maximum absolute atomic E-state index is 13.1. The first kappa shape index (κ1) is 20.9. The van der Waals surface area contributed by atoms with Crippen molar-refractivity contribution in [1.29, 1.82) is 0 Å². The number of aliphatic hydroxyl groups excluding tert-OH is 1. The summed E-state index contributed by atoms with van der Waals surface area (Å²) in [6, 6.07) is 17.8. The lowest BCUT2D eigenvalue weighted by Gasteiger charge is -2.24. The second kappa shape index (κ2) is 8.86. The molecule has 0 spiro atoms. The van der Waals surface area contributed by atoms with Crippen LogP contribution in [0.15, 0.2) is 64.8 Å². The van der Waals surface area contributed by atoms with E-state index in [1.807, 2.05) is 60.0 Å². The van der Waals surface area contributed by atoms with Gasteiger partial charge in [0.1, 0.15) is 16.4 Å². The van der Waals surface area contributed by atoms with E-state index in [1.54, 1.807) is 7.11 Å². The van der Waals surface area contributed by atoms with Crippen molar-refractivity contribution in [3.63, 3.8) is 0 Å². The molecule has 2 aromatic heterocycles. The fourth-order valence-electron chi connectivity index (χ4n) is 4.11. The largest absolute Gasteiger partial charge is 0.496 e. The second-order valence-electron chi connectivity index (χ2n) is 8.13. The lowest BCUT2D eigenvalue weighted by Crippen LogP contribution is -2.32. The number of aromatic amines is 1. The Morgan fingerprint density at radius 1 is 1.16 bits per heavy atom. The molecule has 1 atom stereocenters. The molecule has 6 nitrogen and oxygen atoms in total. The van der Waals surface area contributed by atoms with Crippen molar-refractivity contribution in [2.75, 3.05) is 13.7 Å². The quantitative estimate of drug-likeness (QED) is 0.420. The molecule has 0 bridgehead atoms. The average Bonchev–Trinajstić information content (AvgIpc) is 3.58. The summed E-state index contributed by atoms with van der Waals surface area (Å²) in [5.74, 6) is 1.36. The van der Waals surface area contributed by atoms with Gasteiger partial charge in [0.05, 0.1) is 25.1 Å². The monoisotopic (exact) mass is 447 g/mol. The highest BCUT2D eigenvalue weighted by atomic mass is 32.1. The van der Waals surface area contributed by atoms with E-state index in [2.05, 4.69) is 9.88 Å². The number of ether oxygens (including phenoxy) is 1. The van der Waals surface area contributed by atoms with E-state index in [4.69, 9.17) is 9.72 Å². The first-order chi connectivity index (χ1) is 15.6. The Morgan fingerprint density at radius 3 is 2.66 bits per heavy atom. The summed E-state index contributed by atoms with van der Waals surface area (Å²) in [6.45, 7) is 1.01. The van der Waals surface area contributed by atoms with E-state index < -0.39 is 6.10 Å². The number of hydrogen-bond acceptors (Lipinski definition) is 6. The zero-order chi connectivity index (χ0) is 22.1. The van der Waals surface area contributed by atoms with Crippen LogP contribution in [-0.4, -0.2) is 39.7 Å². The van der Waals surface area contributed by atoms with Crippen molar-refractivity contribution >= 4 is 21.6 Å². The van der Waals surface area contributed by atoms with Gasteiger partial charge in [-0.1, -0.05) is 48.5 Å². The van der Waals surface area contributed by atoms with Crippen LogP contribution in [0.4, 0.5) is 0 Å². The number of thiophene rings is 1. The van der Waals surface area contributed by atoms with Crippen LogP contribution in [0.25, 0.3) is 21.3 Å². The number of benzene rings is 2. The van der Waals surface area contributed by atoms with Crippen LogP contribution in [-0.2, 0) is 6.54 Å². The molecule has 1 aliphatic carbocycles. The van der Waals surface area contributed by atoms with Crippen LogP contribution in [0, 0.1) is 0 Å². The molecule has 32 heavy (non-hydrogen) atoms. The highest BCUT2D eigenvalue weighted by Crippen LogP contribution is 2.36. The van der Waals surface area contributed by atoms with Gasteiger partial charge in [-0.15, -0.1) is 11.3 Å². The number of aromatic nitrogens is 2. The Bertz CT molecular complexity index is 1280. The predicted molar refractivity (Wildman–Crippen MR) is 127 cm³/mol. The number of nitrogens with zero attached hydrogens (tertiary/aromatic N) is 2. The van der Waals surface area contributed by atoms with E-state index in [-0.39, 0.29) is 5.56 Å². The molecule has 2 heterocycles. The molecule has 2 aromatic carbocycles. The third kappa shape index (κ3) is 4.19. The Hall–Kier alpha value is -3.00. The number of methoxy groups -OCH3 is 1. The fraction of sp³-hybridized carbons (Fsp3) is 0.280. The van der Waals surface area contributed by atoms with E-state index in [9.17, 15) is 9.90 Å². The summed E-state index contributed by atoms with van der Waals surface area (Å²) in [7, 11) is 1.63. The number of aliphatic hydroxyl groups is 1. The first-order valence-corrected chi connectivity index (χ1v) is 11.6. The normalized spacial score (nSPS) is 14.7. The number of rotatable bonds is 8. The standard InChI is InChI=1S/C25H25N3O3S/c1-31-21-10-6-5-9-18(21)19-15-32-25-23(19)24(30)26-22(27-25)14-28(17-11-12-17)13-20(29)16-7-3-2-4-8-16/h2-10,15,17,20,29H,11-14H2,1H3,(H,26,27,30). The highest BCUT2D eigenvalue weighted by molar-refractivity contribution is 7.17. The lowest BCUT2D eigenvalue weighted by molar-refractivity contribution is 0.103. The van der Waals surface area contributed by atoms with E-state index in [0.717, 1.165) is 35.3 Å². The smallest absolute Gasteiger partial charge is 0.260 e. The Labute approximate surface area is 190 Å². The molecule has 0 aliphatic heterocycles. The van der Waals surface area contributed by atoms with E-state index >= 15 is 0 Å². The average molecular weight is 448 g/mol. The zero-order valence-electron chi connectivity index (χ0n) is 17.8. The van der Waals surface area contributed by atoms with Gasteiger partial charge >= 0.3 is 0 Å². The Morgan fingerprint density at radius 2 is 1.91 bits per heavy atom.